The third kappa shape index (κ3) is 5.71. The SMILES string of the molecule is COc1nc(OCCCc2ccccc2)nc(C(=O)Nc2ccc(C(=O)O)cn2)n1. The van der Waals surface area contributed by atoms with E-state index in [1.165, 1.54) is 24.8 Å². The summed E-state index contributed by atoms with van der Waals surface area (Å²) in [6.07, 6.45) is 2.70. The summed E-state index contributed by atoms with van der Waals surface area (Å²) < 4.78 is 10.6. The van der Waals surface area contributed by atoms with Crippen LogP contribution in [0.5, 0.6) is 12.0 Å². The highest BCUT2D eigenvalue weighted by Crippen LogP contribution is 2.12. The molecule has 10 nitrogen and oxygen atoms in total. The normalized spacial score (nSPS) is 10.3. The summed E-state index contributed by atoms with van der Waals surface area (Å²) in [6.45, 7) is 0.349. The molecular weight excluding hydrogens is 390 g/mol. The summed E-state index contributed by atoms with van der Waals surface area (Å²) in [7, 11) is 1.36. The molecule has 0 saturated carbocycles. The summed E-state index contributed by atoms with van der Waals surface area (Å²) in [5.74, 6) is -1.85. The number of aryl methyl sites for hydroxylation is 1. The molecule has 0 saturated heterocycles. The number of carboxylic acid groups (broad SMARTS) is 1. The molecule has 2 heterocycles. The van der Waals surface area contributed by atoms with E-state index in [1.807, 2.05) is 30.3 Å². The number of hydrogen-bond acceptors (Lipinski definition) is 8. The molecule has 0 aliphatic carbocycles. The van der Waals surface area contributed by atoms with Gasteiger partial charge >= 0.3 is 18.0 Å². The number of hydrogen-bond donors (Lipinski definition) is 2. The van der Waals surface area contributed by atoms with Gasteiger partial charge in [-0.2, -0.15) is 9.97 Å². The minimum atomic E-state index is -1.11. The Bertz CT molecular complexity index is 1010. The molecule has 3 aromatic rings. The fraction of sp³-hybridized carbons (Fsp3) is 0.200. The third-order valence-electron chi connectivity index (χ3n) is 3.92. The van der Waals surface area contributed by atoms with Crippen molar-refractivity contribution in [1.82, 2.24) is 19.9 Å². The summed E-state index contributed by atoms with van der Waals surface area (Å²) in [5.41, 5.74) is 1.19. The Morgan fingerprint density at radius 1 is 1.03 bits per heavy atom. The first kappa shape index (κ1) is 20.6. The van der Waals surface area contributed by atoms with E-state index in [0.717, 1.165) is 19.0 Å². The van der Waals surface area contributed by atoms with Crippen LogP contribution in [0.4, 0.5) is 5.82 Å². The Morgan fingerprint density at radius 3 is 2.47 bits per heavy atom. The number of pyridine rings is 1. The van der Waals surface area contributed by atoms with E-state index in [2.05, 4.69) is 25.3 Å². The van der Waals surface area contributed by atoms with Crippen LogP contribution in [-0.2, 0) is 6.42 Å². The Labute approximate surface area is 172 Å². The van der Waals surface area contributed by atoms with E-state index in [0.29, 0.717) is 6.61 Å². The Morgan fingerprint density at radius 2 is 1.80 bits per heavy atom. The zero-order valence-electron chi connectivity index (χ0n) is 16.1. The van der Waals surface area contributed by atoms with Gasteiger partial charge in [0, 0.05) is 6.20 Å². The van der Waals surface area contributed by atoms with Gasteiger partial charge in [-0.3, -0.25) is 4.79 Å². The number of aromatic nitrogens is 4. The number of anilines is 1. The molecule has 30 heavy (non-hydrogen) atoms. The molecule has 0 aliphatic heterocycles. The predicted molar refractivity (Wildman–Crippen MR) is 106 cm³/mol. The van der Waals surface area contributed by atoms with Gasteiger partial charge in [0.2, 0.25) is 5.82 Å². The van der Waals surface area contributed by atoms with Crippen LogP contribution < -0.4 is 14.8 Å². The fourth-order valence-corrected chi connectivity index (χ4v) is 2.45. The molecule has 0 aliphatic rings. The molecule has 0 bridgehead atoms. The van der Waals surface area contributed by atoms with Gasteiger partial charge in [-0.15, -0.1) is 4.98 Å². The van der Waals surface area contributed by atoms with Crippen molar-refractivity contribution in [2.75, 3.05) is 19.0 Å². The van der Waals surface area contributed by atoms with Crippen molar-refractivity contribution in [2.24, 2.45) is 0 Å². The number of carbonyl (C=O) groups is 2. The van der Waals surface area contributed by atoms with Crippen LogP contribution in [-0.4, -0.2) is 50.6 Å². The van der Waals surface area contributed by atoms with E-state index in [1.54, 1.807) is 0 Å². The number of ether oxygens (including phenoxy) is 2. The Balaban J connectivity index is 1.62. The lowest BCUT2D eigenvalue weighted by Crippen LogP contribution is -2.18. The molecule has 0 radical (unpaired) electrons. The number of rotatable bonds is 9. The maximum absolute atomic E-state index is 12.4. The van der Waals surface area contributed by atoms with Gasteiger partial charge in [-0.05, 0) is 30.5 Å². The molecular formula is C20H19N5O5. The summed E-state index contributed by atoms with van der Waals surface area (Å²) in [4.78, 5) is 39.1. The van der Waals surface area contributed by atoms with Crippen molar-refractivity contribution in [1.29, 1.82) is 0 Å². The van der Waals surface area contributed by atoms with Crippen molar-refractivity contribution in [2.45, 2.75) is 12.8 Å². The Kier molecular flexibility index (Phi) is 6.83. The van der Waals surface area contributed by atoms with Gasteiger partial charge in [-0.1, -0.05) is 30.3 Å². The maximum Gasteiger partial charge on any atom is 0.337 e. The number of nitrogens with one attached hydrogen (secondary N) is 1. The van der Waals surface area contributed by atoms with Crippen LogP contribution in [0.1, 0.15) is 33.0 Å². The molecule has 0 unspecified atom stereocenters. The predicted octanol–water partition coefficient (Wildman–Crippen LogP) is 2.24. The largest absolute Gasteiger partial charge is 0.478 e. The molecule has 1 amide bonds. The second-order valence-electron chi connectivity index (χ2n) is 6.06. The van der Waals surface area contributed by atoms with E-state index >= 15 is 0 Å². The van der Waals surface area contributed by atoms with E-state index in [-0.39, 0.29) is 29.2 Å². The van der Waals surface area contributed by atoms with Gasteiger partial charge in [0.25, 0.3) is 5.91 Å². The topological polar surface area (TPSA) is 136 Å². The number of nitrogens with zero attached hydrogens (tertiary/aromatic N) is 4. The minimum absolute atomic E-state index is 0.000943. The maximum atomic E-state index is 12.4. The zero-order chi connectivity index (χ0) is 21.3. The summed E-state index contributed by atoms with van der Waals surface area (Å²) in [6, 6.07) is 12.6. The number of benzene rings is 1. The van der Waals surface area contributed by atoms with Gasteiger partial charge < -0.3 is 19.9 Å². The molecule has 0 spiro atoms. The molecule has 0 atom stereocenters. The quantitative estimate of drug-likeness (QED) is 0.510. The number of carbonyl (C=O) groups excluding carboxylic acids is 1. The monoisotopic (exact) mass is 409 g/mol. The van der Waals surface area contributed by atoms with E-state index in [9.17, 15) is 9.59 Å². The summed E-state index contributed by atoms with van der Waals surface area (Å²) in [5, 5.41) is 11.4. The number of methoxy groups -OCH3 is 1. The van der Waals surface area contributed by atoms with Crippen molar-refractivity contribution in [3.05, 3.63) is 65.6 Å². The number of amides is 1. The van der Waals surface area contributed by atoms with Gasteiger partial charge in [-0.25, -0.2) is 9.78 Å². The highest BCUT2D eigenvalue weighted by atomic mass is 16.5. The number of carboxylic acids is 1. The highest BCUT2D eigenvalue weighted by Gasteiger charge is 2.16. The molecule has 0 fully saturated rings. The first-order valence-electron chi connectivity index (χ1n) is 9.02. The van der Waals surface area contributed by atoms with Crippen LogP contribution in [0.2, 0.25) is 0 Å². The number of aromatic carboxylic acids is 1. The van der Waals surface area contributed by atoms with Crippen LogP contribution in [0, 0.1) is 0 Å². The summed E-state index contributed by atoms with van der Waals surface area (Å²) >= 11 is 0. The van der Waals surface area contributed by atoms with Gasteiger partial charge in [0.1, 0.15) is 5.82 Å². The van der Waals surface area contributed by atoms with Crippen molar-refractivity contribution in [3.8, 4) is 12.0 Å². The average molecular weight is 409 g/mol. The van der Waals surface area contributed by atoms with Crippen LogP contribution in [0.15, 0.2) is 48.7 Å². The molecule has 2 N–H and O–H groups in total. The lowest BCUT2D eigenvalue weighted by atomic mass is 10.1. The second-order valence-corrected chi connectivity index (χ2v) is 6.06. The molecule has 10 heteroatoms. The van der Waals surface area contributed by atoms with Crippen LogP contribution >= 0.6 is 0 Å². The first-order valence-corrected chi connectivity index (χ1v) is 9.02. The van der Waals surface area contributed by atoms with Crippen molar-refractivity contribution >= 4 is 17.7 Å². The standard InChI is InChI=1S/C20H19N5O5/c1-29-19-23-16(17(26)22-15-10-9-14(12-21-15)18(27)28)24-20(25-19)30-11-5-8-13-6-3-2-4-7-13/h2-4,6-7,9-10,12H,5,8,11H2,1H3,(H,27,28)(H,21,22,26). The van der Waals surface area contributed by atoms with Crippen molar-refractivity contribution in [3.63, 3.8) is 0 Å². The van der Waals surface area contributed by atoms with E-state index in [4.69, 9.17) is 14.6 Å². The lowest BCUT2D eigenvalue weighted by Gasteiger charge is -2.08. The average Bonchev–Trinajstić information content (AvgIpc) is 2.77. The van der Waals surface area contributed by atoms with Gasteiger partial charge in [0.15, 0.2) is 0 Å². The second kappa shape index (κ2) is 9.92. The molecule has 154 valence electrons. The smallest absolute Gasteiger partial charge is 0.337 e. The van der Waals surface area contributed by atoms with Crippen LogP contribution in [0.3, 0.4) is 0 Å². The highest BCUT2D eigenvalue weighted by molar-refractivity contribution is 6.01. The molecule has 1 aromatic carbocycles. The fourth-order valence-electron chi connectivity index (χ4n) is 2.45. The minimum Gasteiger partial charge on any atom is -0.478 e. The lowest BCUT2D eigenvalue weighted by molar-refractivity contribution is 0.0696. The Hall–Kier alpha value is -4.08. The van der Waals surface area contributed by atoms with Gasteiger partial charge in [0.05, 0.1) is 19.3 Å². The van der Waals surface area contributed by atoms with Crippen LogP contribution in [0.25, 0.3) is 0 Å². The zero-order valence-corrected chi connectivity index (χ0v) is 16.1. The van der Waals surface area contributed by atoms with Crippen molar-refractivity contribution < 1.29 is 24.2 Å². The molecule has 2 aromatic heterocycles. The third-order valence-corrected chi connectivity index (χ3v) is 3.92. The first-order chi connectivity index (χ1) is 14.5. The van der Waals surface area contributed by atoms with E-state index < -0.39 is 11.9 Å². The molecule has 3 rings (SSSR count).